The maximum Gasteiger partial charge on any atom is 0.338 e. The molecule has 0 spiro atoms. The zero-order valence-electron chi connectivity index (χ0n) is 11.5. The van der Waals surface area contributed by atoms with Crippen molar-refractivity contribution in [3.05, 3.63) is 28.2 Å². The van der Waals surface area contributed by atoms with Crippen molar-refractivity contribution in [1.82, 2.24) is 0 Å². The molecule has 3 nitrogen and oxygen atoms in total. The van der Waals surface area contributed by atoms with Gasteiger partial charge in [-0.3, -0.25) is 0 Å². The van der Waals surface area contributed by atoms with E-state index in [1.807, 2.05) is 23.9 Å². The standard InChI is InChI=1S/C14H20BrNO2S/c1-4-14(5-2,19-3)9-16-11-8-6-7-10(15)12(11)13(17)18/h6-8,16H,4-5,9H2,1-3H3,(H,17,18). The normalized spacial score (nSPS) is 11.4. The third kappa shape index (κ3) is 3.89. The molecule has 0 saturated carbocycles. The summed E-state index contributed by atoms with van der Waals surface area (Å²) in [7, 11) is 0. The van der Waals surface area contributed by atoms with E-state index in [0.717, 1.165) is 19.4 Å². The average Bonchev–Trinajstić information content (AvgIpc) is 2.40. The number of rotatable bonds is 7. The quantitative estimate of drug-likeness (QED) is 0.764. The topological polar surface area (TPSA) is 49.3 Å². The highest BCUT2D eigenvalue weighted by Gasteiger charge is 2.25. The van der Waals surface area contributed by atoms with E-state index >= 15 is 0 Å². The minimum atomic E-state index is -0.919. The number of carboxylic acid groups (broad SMARTS) is 1. The second-order valence-electron chi connectivity index (χ2n) is 4.42. The van der Waals surface area contributed by atoms with E-state index in [9.17, 15) is 9.90 Å². The number of nitrogens with one attached hydrogen (secondary N) is 1. The van der Waals surface area contributed by atoms with Crippen molar-refractivity contribution in [1.29, 1.82) is 0 Å². The number of aromatic carboxylic acids is 1. The summed E-state index contributed by atoms with van der Waals surface area (Å²) in [5, 5.41) is 12.6. The SMILES string of the molecule is CCC(CC)(CNc1cccc(Br)c1C(=O)O)SC. The highest BCUT2D eigenvalue weighted by Crippen LogP contribution is 2.32. The maximum atomic E-state index is 11.3. The number of carboxylic acids is 1. The summed E-state index contributed by atoms with van der Waals surface area (Å²) in [6, 6.07) is 5.40. The Morgan fingerprint density at radius 2 is 2.05 bits per heavy atom. The first-order valence-corrected chi connectivity index (χ1v) is 8.32. The van der Waals surface area contributed by atoms with Crippen LogP contribution in [0.25, 0.3) is 0 Å². The fraction of sp³-hybridized carbons (Fsp3) is 0.500. The lowest BCUT2D eigenvalue weighted by molar-refractivity contribution is 0.0697. The molecule has 1 rings (SSSR count). The predicted molar refractivity (Wildman–Crippen MR) is 86.4 cm³/mol. The van der Waals surface area contributed by atoms with Crippen molar-refractivity contribution in [3.63, 3.8) is 0 Å². The van der Waals surface area contributed by atoms with E-state index in [1.165, 1.54) is 0 Å². The zero-order chi connectivity index (χ0) is 14.5. The minimum Gasteiger partial charge on any atom is -0.478 e. The molecule has 0 aliphatic rings. The van der Waals surface area contributed by atoms with E-state index in [4.69, 9.17) is 0 Å². The zero-order valence-corrected chi connectivity index (χ0v) is 13.9. The average molecular weight is 346 g/mol. The van der Waals surface area contributed by atoms with Crippen LogP contribution in [0.4, 0.5) is 5.69 Å². The molecule has 0 heterocycles. The number of thioether (sulfide) groups is 1. The summed E-state index contributed by atoms with van der Waals surface area (Å²) < 4.78 is 0.755. The molecule has 0 aliphatic heterocycles. The van der Waals surface area contributed by atoms with Gasteiger partial charge < -0.3 is 10.4 Å². The van der Waals surface area contributed by atoms with Crippen molar-refractivity contribution in [2.24, 2.45) is 0 Å². The number of hydrogen-bond donors (Lipinski definition) is 2. The fourth-order valence-electron chi connectivity index (χ4n) is 2.01. The van der Waals surface area contributed by atoms with Gasteiger partial charge in [0.2, 0.25) is 0 Å². The number of benzene rings is 1. The summed E-state index contributed by atoms with van der Waals surface area (Å²) in [6.45, 7) is 5.10. The first-order chi connectivity index (χ1) is 8.99. The third-order valence-electron chi connectivity index (χ3n) is 3.55. The summed E-state index contributed by atoms with van der Waals surface area (Å²) in [6.07, 6.45) is 4.20. The Balaban J connectivity index is 2.95. The molecule has 0 bridgehead atoms. The lowest BCUT2D eigenvalue weighted by Crippen LogP contribution is -2.32. The van der Waals surface area contributed by atoms with Crippen LogP contribution in [0.1, 0.15) is 37.0 Å². The van der Waals surface area contributed by atoms with Gasteiger partial charge >= 0.3 is 5.97 Å². The molecule has 19 heavy (non-hydrogen) atoms. The summed E-state index contributed by atoms with van der Waals surface area (Å²) in [5.74, 6) is -0.919. The van der Waals surface area contributed by atoms with Crippen LogP contribution < -0.4 is 5.32 Å². The molecule has 0 fully saturated rings. The molecule has 1 aromatic carbocycles. The van der Waals surface area contributed by atoms with Gasteiger partial charge in [-0.05, 0) is 47.2 Å². The molecular weight excluding hydrogens is 326 g/mol. The van der Waals surface area contributed by atoms with E-state index in [-0.39, 0.29) is 4.75 Å². The van der Waals surface area contributed by atoms with Gasteiger partial charge in [-0.2, -0.15) is 11.8 Å². The molecule has 0 radical (unpaired) electrons. The Kier molecular flexibility index (Phi) is 6.20. The van der Waals surface area contributed by atoms with E-state index < -0.39 is 5.97 Å². The number of halogens is 1. The van der Waals surface area contributed by atoms with Crippen molar-refractivity contribution in [3.8, 4) is 0 Å². The molecule has 0 amide bonds. The Morgan fingerprint density at radius 3 is 2.53 bits per heavy atom. The number of hydrogen-bond acceptors (Lipinski definition) is 3. The van der Waals surface area contributed by atoms with Gasteiger partial charge in [0.1, 0.15) is 0 Å². The van der Waals surface area contributed by atoms with Gasteiger partial charge in [0, 0.05) is 21.5 Å². The van der Waals surface area contributed by atoms with Crippen LogP contribution in [0.5, 0.6) is 0 Å². The van der Waals surface area contributed by atoms with Crippen molar-refractivity contribution < 1.29 is 9.90 Å². The molecule has 106 valence electrons. The third-order valence-corrected chi connectivity index (χ3v) is 5.80. The molecule has 5 heteroatoms. The van der Waals surface area contributed by atoms with Crippen molar-refractivity contribution in [2.75, 3.05) is 18.1 Å². The van der Waals surface area contributed by atoms with E-state index in [2.05, 4.69) is 41.3 Å². The van der Waals surface area contributed by atoms with Crippen molar-refractivity contribution >= 4 is 39.3 Å². The van der Waals surface area contributed by atoms with Crippen LogP contribution >= 0.6 is 27.7 Å². The van der Waals surface area contributed by atoms with Gasteiger partial charge in [0.05, 0.1) is 5.56 Å². The van der Waals surface area contributed by atoms with Crippen LogP contribution in [-0.2, 0) is 0 Å². The second kappa shape index (κ2) is 7.20. The van der Waals surface area contributed by atoms with Gasteiger partial charge in [0.15, 0.2) is 0 Å². The number of carbonyl (C=O) groups is 1. The molecule has 0 aromatic heterocycles. The van der Waals surface area contributed by atoms with E-state index in [0.29, 0.717) is 15.7 Å². The summed E-state index contributed by atoms with van der Waals surface area (Å²) >= 11 is 5.13. The van der Waals surface area contributed by atoms with Crippen LogP contribution in [0.2, 0.25) is 0 Å². The summed E-state index contributed by atoms with van der Waals surface area (Å²) in [4.78, 5) is 11.3. The highest BCUT2D eigenvalue weighted by molar-refractivity contribution is 9.10. The molecular formula is C14H20BrNO2S. The Labute approximate surface area is 127 Å². The predicted octanol–water partition coefficient (Wildman–Crippen LogP) is 4.48. The largest absolute Gasteiger partial charge is 0.478 e. The highest BCUT2D eigenvalue weighted by atomic mass is 79.9. The van der Waals surface area contributed by atoms with Crippen LogP contribution in [0.15, 0.2) is 22.7 Å². The molecule has 2 N–H and O–H groups in total. The van der Waals surface area contributed by atoms with Crippen molar-refractivity contribution in [2.45, 2.75) is 31.4 Å². The molecule has 1 aromatic rings. The molecule has 0 aliphatic carbocycles. The van der Waals surface area contributed by atoms with Gasteiger partial charge in [-0.1, -0.05) is 19.9 Å². The lowest BCUT2D eigenvalue weighted by atomic mass is 10.0. The first-order valence-electron chi connectivity index (χ1n) is 6.30. The van der Waals surface area contributed by atoms with Crippen LogP contribution in [0, 0.1) is 0 Å². The van der Waals surface area contributed by atoms with Gasteiger partial charge in [0.25, 0.3) is 0 Å². The maximum absolute atomic E-state index is 11.3. The van der Waals surface area contributed by atoms with E-state index in [1.54, 1.807) is 6.07 Å². The minimum absolute atomic E-state index is 0.151. The molecule has 0 saturated heterocycles. The molecule has 0 atom stereocenters. The number of anilines is 1. The first kappa shape index (κ1) is 16.4. The fourth-order valence-corrected chi connectivity index (χ4v) is 3.34. The summed E-state index contributed by atoms with van der Waals surface area (Å²) in [5.41, 5.74) is 0.965. The Bertz CT molecular complexity index is 439. The molecule has 0 unspecified atom stereocenters. The van der Waals surface area contributed by atoms with Crippen LogP contribution in [-0.4, -0.2) is 28.6 Å². The smallest absolute Gasteiger partial charge is 0.338 e. The van der Waals surface area contributed by atoms with Gasteiger partial charge in [-0.25, -0.2) is 4.79 Å². The Hall–Kier alpha value is -0.680. The van der Waals surface area contributed by atoms with Gasteiger partial charge in [-0.15, -0.1) is 0 Å². The lowest BCUT2D eigenvalue weighted by Gasteiger charge is -2.30. The second-order valence-corrected chi connectivity index (χ2v) is 6.54. The Morgan fingerprint density at radius 1 is 1.42 bits per heavy atom. The van der Waals surface area contributed by atoms with Crippen LogP contribution in [0.3, 0.4) is 0 Å². The monoisotopic (exact) mass is 345 g/mol.